The van der Waals surface area contributed by atoms with Gasteiger partial charge in [-0.2, -0.15) is 18.3 Å². The molecular formula is C24H24F3N5O2. The fraction of sp³-hybridized carbons (Fsp3) is 0.417. The normalized spacial score (nSPS) is 22.1. The van der Waals surface area contributed by atoms with Crippen LogP contribution in [0, 0.1) is 12.8 Å². The molecule has 2 aliphatic rings. The van der Waals surface area contributed by atoms with Crippen LogP contribution in [0.1, 0.15) is 29.7 Å². The van der Waals surface area contributed by atoms with Crippen LogP contribution in [0.2, 0.25) is 0 Å². The third-order valence-corrected chi connectivity index (χ3v) is 7.00. The minimum absolute atomic E-state index is 0.0673. The Morgan fingerprint density at radius 1 is 1.15 bits per heavy atom. The molecule has 1 aliphatic heterocycles. The average molecular weight is 471 g/mol. The lowest BCUT2D eigenvalue weighted by Gasteiger charge is -2.21. The van der Waals surface area contributed by atoms with Crippen molar-refractivity contribution >= 4 is 0 Å². The molecule has 0 bridgehead atoms. The second-order valence-corrected chi connectivity index (χ2v) is 9.19. The molecule has 0 unspecified atom stereocenters. The highest BCUT2D eigenvalue weighted by atomic mass is 19.4. The van der Waals surface area contributed by atoms with Gasteiger partial charge in [-0.1, -0.05) is 12.1 Å². The number of aryl methyl sites for hydroxylation is 2. The summed E-state index contributed by atoms with van der Waals surface area (Å²) < 4.78 is 39.9. The van der Waals surface area contributed by atoms with Gasteiger partial charge in [-0.25, -0.2) is 9.48 Å². The van der Waals surface area contributed by atoms with Crippen LogP contribution in [0.15, 0.2) is 52.2 Å². The number of aromatic amines is 1. The number of pyridine rings is 1. The molecule has 1 N–H and O–H groups in total. The molecule has 178 valence electrons. The van der Waals surface area contributed by atoms with Gasteiger partial charge < -0.3 is 4.90 Å². The van der Waals surface area contributed by atoms with Gasteiger partial charge in [0.1, 0.15) is 0 Å². The van der Waals surface area contributed by atoms with Crippen molar-refractivity contribution in [2.45, 2.75) is 37.9 Å². The first-order chi connectivity index (χ1) is 16.2. The minimum Gasteiger partial charge on any atom is -0.302 e. The first-order valence-electron chi connectivity index (χ1n) is 11.2. The second-order valence-electron chi connectivity index (χ2n) is 9.19. The second kappa shape index (κ2) is 8.19. The Balaban J connectivity index is 1.23. The zero-order valence-corrected chi connectivity index (χ0v) is 18.6. The number of fused-ring (bicyclic) bond motifs is 1. The van der Waals surface area contributed by atoms with Crippen LogP contribution in [0.5, 0.6) is 0 Å². The zero-order valence-electron chi connectivity index (χ0n) is 18.6. The number of piperidine rings is 1. The Morgan fingerprint density at radius 3 is 2.62 bits per heavy atom. The van der Waals surface area contributed by atoms with Gasteiger partial charge in [0.2, 0.25) is 0 Å². The standard InChI is InChI=1S/C24H24F3N5O2/c1-15-19(4-2-9-28-15)20-21(33)29-22(34)32(30-20)11-3-10-31-13-18-12-23(18,14-31)16-5-7-17(8-6-16)24(25,26)27/h2,4-9,18H,3,10-14H2,1H3,(H,29,33,34)/t18-,23-/m0/s1. The summed E-state index contributed by atoms with van der Waals surface area (Å²) >= 11 is 0. The molecule has 2 atom stereocenters. The van der Waals surface area contributed by atoms with Crippen molar-refractivity contribution < 1.29 is 13.2 Å². The van der Waals surface area contributed by atoms with E-state index in [1.165, 1.54) is 4.68 Å². The fourth-order valence-electron chi connectivity index (χ4n) is 5.13. The van der Waals surface area contributed by atoms with Crippen LogP contribution in [-0.2, 0) is 18.1 Å². The Labute approximate surface area is 193 Å². The van der Waals surface area contributed by atoms with E-state index in [-0.39, 0.29) is 11.1 Å². The van der Waals surface area contributed by atoms with E-state index < -0.39 is 23.0 Å². The van der Waals surface area contributed by atoms with E-state index in [1.54, 1.807) is 37.4 Å². The third kappa shape index (κ3) is 4.06. The van der Waals surface area contributed by atoms with E-state index in [9.17, 15) is 22.8 Å². The molecule has 5 rings (SSSR count). The Morgan fingerprint density at radius 2 is 1.91 bits per heavy atom. The fourth-order valence-corrected chi connectivity index (χ4v) is 5.13. The topological polar surface area (TPSA) is 83.9 Å². The highest BCUT2D eigenvalue weighted by molar-refractivity contribution is 5.59. The van der Waals surface area contributed by atoms with E-state index in [4.69, 9.17) is 0 Å². The van der Waals surface area contributed by atoms with Gasteiger partial charge in [-0.15, -0.1) is 0 Å². The van der Waals surface area contributed by atoms with Gasteiger partial charge >= 0.3 is 11.9 Å². The lowest BCUT2D eigenvalue weighted by molar-refractivity contribution is -0.137. The minimum atomic E-state index is -4.33. The van der Waals surface area contributed by atoms with Crippen molar-refractivity contribution in [3.05, 3.63) is 80.3 Å². The zero-order chi connectivity index (χ0) is 24.1. The summed E-state index contributed by atoms with van der Waals surface area (Å²) in [6.07, 6.45) is -1.06. The van der Waals surface area contributed by atoms with Crippen LogP contribution in [0.4, 0.5) is 13.2 Å². The predicted octanol–water partition coefficient (Wildman–Crippen LogP) is 2.98. The maximum Gasteiger partial charge on any atom is 0.416 e. The van der Waals surface area contributed by atoms with Gasteiger partial charge in [-0.3, -0.25) is 14.8 Å². The van der Waals surface area contributed by atoms with Crippen LogP contribution in [-0.4, -0.2) is 44.3 Å². The monoisotopic (exact) mass is 471 g/mol. The maximum atomic E-state index is 12.9. The lowest BCUT2D eigenvalue weighted by atomic mass is 9.94. The molecule has 0 amide bonds. The summed E-state index contributed by atoms with van der Waals surface area (Å²) in [6.45, 7) is 4.52. The SMILES string of the molecule is Cc1ncccc1-c1nn(CCCN2C[C@@H]3C[C@@]3(c3ccc(C(F)(F)F)cc3)C2)c(=O)[nH]c1=O. The first-order valence-corrected chi connectivity index (χ1v) is 11.2. The van der Waals surface area contributed by atoms with Crippen LogP contribution in [0.25, 0.3) is 11.3 Å². The molecule has 1 aromatic carbocycles. The van der Waals surface area contributed by atoms with E-state index >= 15 is 0 Å². The molecule has 2 aromatic heterocycles. The van der Waals surface area contributed by atoms with Crippen molar-refractivity contribution in [2.75, 3.05) is 19.6 Å². The van der Waals surface area contributed by atoms with Crippen molar-refractivity contribution in [1.29, 1.82) is 0 Å². The quantitative estimate of drug-likeness (QED) is 0.598. The molecule has 10 heteroatoms. The molecule has 1 saturated heterocycles. The van der Waals surface area contributed by atoms with Crippen molar-refractivity contribution in [1.82, 2.24) is 24.6 Å². The number of hydrogen-bond donors (Lipinski definition) is 1. The number of halogens is 3. The molecule has 1 aliphatic carbocycles. The predicted molar refractivity (Wildman–Crippen MR) is 119 cm³/mol. The summed E-state index contributed by atoms with van der Waals surface area (Å²) in [5.74, 6) is 0.443. The number of benzene rings is 1. The number of rotatable bonds is 6. The van der Waals surface area contributed by atoms with Crippen molar-refractivity contribution in [3.63, 3.8) is 0 Å². The largest absolute Gasteiger partial charge is 0.416 e. The van der Waals surface area contributed by atoms with E-state index in [1.807, 2.05) is 0 Å². The first kappa shape index (κ1) is 22.5. The molecular weight excluding hydrogens is 447 g/mol. The Kier molecular flexibility index (Phi) is 5.43. The number of H-pyrrole nitrogens is 1. The van der Waals surface area contributed by atoms with Gasteiger partial charge in [0.15, 0.2) is 5.69 Å². The number of nitrogens with one attached hydrogen (secondary N) is 1. The average Bonchev–Trinajstić information content (AvgIpc) is 3.37. The molecule has 7 nitrogen and oxygen atoms in total. The third-order valence-electron chi connectivity index (χ3n) is 7.00. The summed E-state index contributed by atoms with van der Waals surface area (Å²) in [5, 5.41) is 4.29. The summed E-state index contributed by atoms with van der Waals surface area (Å²) in [7, 11) is 0. The van der Waals surface area contributed by atoms with Gasteiger partial charge in [0, 0.05) is 42.5 Å². The molecule has 3 heterocycles. The summed E-state index contributed by atoms with van der Waals surface area (Å²) in [5.41, 5.74) is 0.557. The van der Waals surface area contributed by atoms with Gasteiger partial charge in [-0.05, 0) is 62.1 Å². The summed E-state index contributed by atoms with van der Waals surface area (Å²) in [6, 6.07) is 9.00. The van der Waals surface area contributed by atoms with E-state index in [2.05, 4.69) is 20.0 Å². The van der Waals surface area contributed by atoms with Crippen LogP contribution < -0.4 is 11.2 Å². The summed E-state index contributed by atoms with van der Waals surface area (Å²) in [4.78, 5) is 33.4. The van der Waals surface area contributed by atoms with Gasteiger partial charge in [0.05, 0.1) is 5.56 Å². The highest BCUT2D eigenvalue weighted by Crippen LogP contribution is 2.59. The molecule has 34 heavy (non-hydrogen) atoms. The molecule has 0 radical (unpaired) electrons. The van der Waals surface area contributed by atoms with Crippen LogP contribution in [0.3, 0.4) is 0 Å². The Hall–Kier alpha value is -3.27. The van der Waals surface area contributed by atoms with Crippen LogP contribution >= 0.6 is 0 Å². The lowest BCUT2D eigenvalue weighted by Crippen LogP contribution is -2.35. The number of aromatic nitrogens is 4. The number of hydrogen-bond acceptors (Lipinski definition) is 5. The van der Waals surface area contributed by atoms with E-state index in [0.29, 0.717) is 30.1 Å². The maximum absolute atomic E-state index is 12.9. The number of nitrogens with zero attached hydrogens (tertiary/aromatic N) is 4. The molecule has 2 fully saturated rings. The molecule has 3 aromatic rings. The van der Waals surface area contributed by atoms with Crippen molar-refractivity contribution in [2.24, 2.45) is 5.92 Å². The van der Waals surface area contributed by atoms with E-state index in [0.717, 1.165) is 43.8 Å². The van der Waals surface area contributed by atoms with Gasteiger partial charge in [0.25, 0.3) is 5.56 Å². The Bertz CT molecular complexity index is 1330. The van der Waals surface area contributed by atoms with Crippen molar-refractivity contribution in [3.8, 4) is 11.3 Å². The smallest absolute Gasteiger partial charge is 0.302 e. The molecule has 0 spiro atoms. The molecule has 1 saturated carbocycles. The highest BCUT2D eigenvalue weighted by Gasteiger charge is 2.60. The number of alkyl halides is 3. The number of likely N-dealkylation sites (tertiary alicyclic amines) is 1.